The third kappa shape index (κ3) is 3.80. The quantitative estimate of drug-likeness (QED) is 0.342. The van der Waals surface area contributed by atoms with Gasteiger partial charge in [0.2, 0.25) is 0 Å². The van der Waals surface area contributed by atoms with Crippen LogP contribution in [0.5, 0.6) is 0 Å². The molecule has 5 rings (SSSR count). The van der Waals surface area contributed by atoms with E-state index in [0.717, 1.165) is 63.4 Å². The Morgan fingerprint density at radius 1 is 1.11 bits per heavy atom. The van der Waals surface area contributed by atoms with Crippen molar-refractivity contribution in [3.05, 3.63) is 22.8 Å². The second kappa shape index (κ2) is 8.96. The number of hydrogen-bond donors (Lipinski definition) is 1. The maximum atomic E-state index is 12.3. The summed E-state index contributed by atoms with van der Waals surface area (Å²) in [5.74, 6) is 0.760. The molecular formula is C32H48O5. The standard InChI is InChI=1S/C32H48O5/c1-19-8-10-25(37-28(19)35)20(2)22-12-15-31(7)23-9-11-26-29(4,5)27(34)14-17-32(26,18-36-21(3)33)24(23)13-16-30(22,31)6/h8,20,22,25-27,34H,9-18H2,1-7H3. The van der Waals surface area contributed by atoms with Crippen molar-refractivity contribution in [3.63, 3.8) is 0 Å². The van der Waals surface area contributed by atoms with Gasteiger partial charge in [0, 0.05) is 24.3 Å². The molecule has 0 saturated heterocycles. The average molecular weight is 513 g/mol. The molecule has 206 valence electrons. The fourth-order valence-corrected chi connectivity index (χ4v) is 10.0. The molecule has 5 aliphatic rings. The number of carbonyl (C=O) groups excluding carboxylic acids is 2. The summed E-state index contributed by atoms with van der Waals surface area (Å²) in [5.41, 5.74) is 3.78. The van der Waals surface area contributed by atoms with Gasteiger partial charge in [-0.15, -0.1) is 0 Å². The zero-order valence-electron chi connectivity index (χ0n) is 24.1. The van der Waals surface area contributed by atoms with E-state index in [0.29, 0.717) is 24.4 Å². The molecule has 5 heteroatoms. The molecule has 0 aromatic heterocycles. The van der Waals surface area contributed by atoms with Crippen molar-refractivity contribution in [1.29, 1.82) is 0 Å². The highest BCUT2D eigenvalue weighted by Crippen LogP contribution is 2.72. The van der Waals surface area contributed by atoms with Crippen molar-refractivity contribution in [1.82, 2.24) is 0 Å². The second-order valence-electron chi connectivity index (χ2n) is 14.2. The lowest BCUT2D eigenvalue weighted by Crippen LogP contribution is -2.57. The Morgan fingerprint density at radius 3 is 2.51 bits per heavy atom. The first-order valence-corrected chi connectivity index (χ1v) is 14.7. The lowest BCUT2D eigenvalue weighted by molar-refractivity contribution is -0.156. The average Bonchev–Trinajstić information content (AvgIpc) is 3.13. The molecule has 0 bridgehead atoms. The molecule has 37 heavy (non-hydrogen) atoms. The summed E-state index contributed by atoms with van der Waals surface area (Å²) in [4.78, 5) is 24.4. The summed E-state index contributed by atoms with van der Waals surface area (Å²) in [7, 11) is 0. The number of rotatable bonds is 4. The molecule has 1 N–H and O–H groups in total. The van der Waals surface area contributed by atoms with Gasteiger partial charge in [-0.3, -0.25) is 4.79 Å². The molecule has 8 unspecified atom stereocenters. The van der Waals surface area contributed by atoms with Gasteiger partial charge in [-0.05, 0) is 92.3 Å². The third-order valence-corrected chi connectivity index (χ3v) is 12.5. The number of hydrogen-bond acceptors (Lipinski definition) is 5. The molecule has 8 atom stereocenters. The largest absolute Gasteiger partial charge is 0.465 e. The van der Waals surface area contributed by atoms with Crippen molar-refractivity contribution in [2.24, 2.45) is 39.4 Å². The number of fused-ring (bicyclic) bond motifs is 4. The Bertz CT molecular complexity index is 1040. The number of cyclic esters (lactones) is 1. The fourth-order valence-electron chi connectivity index (χ4n) is 10.0. The van der Waals surface area contributed by atoms with Crippen molar-refractivity contribution in [2.75, 3.05) is 6.61 Å². The van der Waals surface area contributed by atoms with Crippen LogP contribution in [-0.4, -0.2) is 35.9 Å². The summed E-state index contributed by atoms with van der Waals surface area (Å²) in [6.45, 7) is 15.6. The number of carbonyl (C=O) groups is 2. The van der Waals surface area contributed by atoms with Gasteiger partial charge in [-0.1, -0.05) is 51.8 Å². The Morgan fingerprint density at radius 2 is 1.84 bits per heavy atom. The Balaban J connectivity index is 1.52. The molecule has 0 aromatic carbocycles. The zero-order valence-corrected chi connectivity index (χ0v) is 24.1. The SMILES string of the molecule is CC(=O)OCC12CCC(O)C(C)(C)C1CCC1=C2CCC2(C)C(C(C)C3CC=C(C)C(=O)O3)CCC12C. The van der Waals surface area contributed by atoms with E-state index in [4.69, 9.17) is 9.47 Å². The fraction of sp³-hybridized carbons (Fsp3) is 0.812. The molecule has 0 radical (unpaired) electrons. The second-order valence-corrected chi connectivity index (χ2v) is 14.2. The zero-order chi connectivity index (χ0) is 27.0. The van der Waals surface area contributed by atoms with E-state index in [9.17, 15) is 14.7 Å². The third-order valence-electron chi connectivity index (χ3n) is 12.5. The summed E-state index contributed by atoms with van der Waals surface area (Å²) < 4.78 is 11.8. The number of esters is 2. The van der Waals surface area contributed by atoms with Gasteiger partial charge in [-0.25, -0.2) is 4.79 Å². The molecule has 5 nitrogen and oxygen atoms in total. The van der Waals surface area contributed by atoms with Gasteiger partial charge in [-0.2, -0.15) is 0 Å². The van der Waals surface area contributed by atoms with Crippen molar-refractivity contribution < 1.29 is 24.2 Å². The first-order chi connectivity index (χ1) is 17.3. The van der Waals surface area contributed by atoms with E-state index in [2.05, 4.69) is 40.7 Å². The summed E-state index contributed by atoms with van der Waals surface area (Å²) in [5, 5.41) is 11.0. The van der Waals surface area contributed by atoms with Crippen LogP contribution in [0, 0.1) is 39.4 Å². The first kappa shape index (κ1) is 27.0. The maximum absolute atomic E-state index is 12.3. The molecule has 2 saturated carbocycles. The number of ether oxygens (including phenoxy) is 2. The van der Waals surface area contributed by atoms with Gasteiger partial charge in [0.15, 0.2) is 0 Å². The first-order valence-electron chi connectivity index (χ1n) is 14.7. The van der Waals surface area contributed by atoms with Gasteiger partial charge >= 0.3 is 11.9 Å². The van der Waals surface area contributed by atoms with E-state index < -0.39 is 0 Å². The van der Waals surface area contributed by atoms with Crippen LogP contribution in [0.1, 0.15) is 106 Å². The summed E-state index contributed by atoms with van der Waals surface area (Å²) in [6.07, 6.45) is 10.8. The van der Waals surface area contributed by atoms with E-state index in [1.54, 1.807) is 11.1 Å². The van der Waals surface area contributed by atoms with Crippen molar-refractivity contribution in [2.45, 2.75) is 118 Å². The van der Waals surface area contributed by atoms with E-state index in [1.165, 1.54) is 6.92 Å². The lowest BCUT2D eigenvalue weighted by Gasteiger charge is -2.62. The van der Waals surface area contributed by atoms with E-state index >= 15 is 0 Å². The van der Waals surface area contributed by atoms with Gasteiger partial charge in [0.25, 0.3) is 0 Å². The van der Waals surface area contributed by atoms with E-state index in [-0.39, 0.29) is 45.8 Å². The molecule has 0 spiro atoms. The van der Waals surface area contributed by atoms with Crippen molar-refractivity contribution >= 4 is 11.9 Å². The van der Waals surface area contributed by atoms with Crippen LogP contribution in [0.4, 0.5) is 0 Å². The predicted molar refractivity (Wildman–Crippen MR) is 143 cm³/mol. The number of aliphatic hydroxyl groups excluding tert-OH is 1. The minimum Gasteiger partial charge on any atom is -0.465 e. The topological polar surface area (TPSA) is 72.8 Å². The number of allylic oxidation sites excluding steroid dienone is 1. The monoisotopic (exact) mass is 512 g/mol. The molecule has 1 heterocycles. The molecule has 2 fully saturated rings. The van der Waals surface area contributed by atoms with Crippen LogP contribution in [0.3, 0.4) is 0 Å². The van der Waals surface area contributed by atoms with Crippen LogP contribution in [0.15, 0.2) is 22.8 Å². The highest BCUT2D eigenvalue weighted by Gasteiger charge is 2.65. The van der Waals surface area contributed by atoms with Gasteiger partial charge < -0.3 is 14.6 Å². The van der Waals surface area contributed by atoms with E-state index in [1.807, 2.05) is 6.92 Å². The Kier molecular flexibility index (Phi) is 6.53. The summed E-state index contributed by atoms with van der Waals surface area (Å²) >= 11 is 0. The predicted octanol–water partition coefficient (Wildman–Crippen LogP) is 6.54. The van der Waals surface area contributed by atoms with Crippen LogP contribution >= 0.6 is 0 Å². The molecule has 0 amide bonds. The van der Waals surface area contributed by atoms with Crippen LogP contribution in [0.2, 0.25) is 0 Å². The molecule has 4 aliphatic carbocycles. The lowest BCUT2D eigenvalue weighted by atomic mass is 9.43. The van der Waals surface area contributed by atoms with Gasteiger partial charge in [0.1, 0.15) is 12.7 Å². The molecular weight excluding hydrogens is 464 g/mol. The highest BCUT2D eigenvalue weighted by atomic mass is 16.5. The highest BCUT2D eigenvalue weighted by molar-refractivity contribution is 5.88. The van der Waals surface area contributed by atoms with Crippen LogP contribution in [0.25, 0.3) is 0 Å². The normalized spacial score (nSPS) is 43.7. The van der Waals surface area contributed by atoms with Gasteiger partial charge in [0.05, 0.1) is 6.10 Å². The van der Waals surface area contributed by atoms with Crippen LogP contribution < -0.4 is 0 Å². The maximum Gasteiger partial charge on any atom is 0.333 e. The molecule has 1 aliphatic heterocycles. The van der Waals surface area contributed by atoms with Crippen LogP contribution in [-0.2, 0) is 19.1 Å². The minimum absolute atomic E-state index is 0.0394. The smallest absolute Gasteiger partial charge is 0.333 e. The Labute approximate surface area is 223 Å². The minimum atomic E-state index is -0.317. The summed E-state index contributed by atoms with van der Waals surface area (Å²) in [6, 6.07) is 0. The number of aliphatic hydroxyl groups is 1. The van der Waals surface area contributed by atoms with Crippen molar-refractivity contribution in [3.8, 4) is 0 Å². The Hall–Kier alpha value is -1.62. The molecule has 0 aromatic rings.